The van der Waals surface area contributed by atoms with Crippen molar-refractivity contribution in [2.24, 2.45) is 0 Å². The lowest BCUT2D eigenvalue weighted by Gasteiger charge is -2.24. The van der Waals surface area contributed by atoms with Crippen molar-refractivity contribution in [2.75, 3.05) is 6.61 Å². The molecule has 0 spiro atoms. The summed E-state index contributed by atoms with van der Waals surface area (Å²) in [6.07, 6.45) is 5.69. The number of carbonyl (C=O) groups excluding carboxylic acids is 1. The van der Waals surface area contributed by atoms with Gasteiger partial charge < -0.3 is 14.2 Å². The standard InChI is InChI=1S/C27H31N3O4S/c31-26(16-21-8-3-1-4-9-21)29(23-13-14-23)18-24-17-28-27(30(24)19-25-12-7-15-34-25)35(32,33)20-22-10-5-2-6-11-22/h1-6,8-11,17,23,25H,7,12-16,18-20H2. The second-order valence-corrected chi connectivity index (χ2v) is 11.3. The van der Waals surface area contributed by atoms with Crippen LogP contribution in [-0.2, 0) is 44.6 Å². The molecule has 0 radical (unpaired) electrons. The van der Waals surface area contributed by atoms with Crippen LogP contribution in [0.4, 0.5) is 0 Å². The van der Waals surface area contributed by atoms with Gasteiger partial charge in [-0.25, -0.2) is 13.4 Å². The minimum atomic E-state index is -3.68. The smallest absolute Gasteiger partial charge is 0.228 e. The lowest BCUT2D eigenvalue weighted by Crippen LogP contribution is -2.35. The number of aromatic nitrogens is 2. The normalized spacial score (nSPS) is 18.0. The van der Waals surface area contributed by atoms with Crippen molar-refractivity contribution in [2.45, 2.75) is 68.2 Å². The molecule has 1 unspecified atom stereocenters. The SMILES string of the molecule is O=C(Cc1ccccc1)N(Cc1cnc(S(=O)(=O)Cc2ccccc2)n1CC1CCCO1)C1CC1. The number of hydrogen-bond acceptors (Lipinski definition) is 5. The fourth-order valence-corrected chi connectivity index (χ4v) is 6.17. The summed E-state index contributed by atoms with van der Waals surface area (Å²) in [6.45, 7) is 1.45. The van der Waals surface area contributed by atoms with E-state index in [-0.39, 0.29) is 29.0 Å². The van der Waals surface area contributed by atoms with Crippen molar-refractivity contribution in [3.63, 3.8) is 0 Å². The van der Waals surface area contributed by atoms with Crippen LogP contribution >= 0.6 is 0 Å². The summed E-state index contributed by atoms with van der Waals surface area (Å²) in [4.78, 5) is 19.5. The molecular formula is C27H31N3O4S. The van der Waals surface area contributed by atoms with E-state index in [0.717, 1.165) is 42.5 Å². The van der Waals surface area contributed by atoms with E-state index in [4.69, 9.17) is 4.74 Å². The number of imidazole rings is 1. The van der Waals surface area contributed by atoms with E-state index >= 15 is 0 Å². The van der Waals surface area contributed by atoms with Gasteiger partial charge >= 0.3 is 0 Å². The molecule has 3 aromatic rings. The Morgan fingerprint density at radius 1 is 1.00 bits per heavy atom. The fraction of sp³-hybridized carbons (Fsp3) is 0.407. The van der Waals surface area contributed by atoms with Crippen LogP contribution in [0.1, 0.15) is 42.5 Å². The van der Waals surface area contributed by atoms with Crippen LogP contribution in [0.2, 0.25) is 0 Å². The Morgan fingerprint density at radius 3 is 2.31 bits per heavy atom. The summed E-state index contributed by atoms with van der Waals surface area (Å²) in [7, 11) is -3.68. The first-order chi connectivity index (χ1) is 17.0. The highest BCUT2D eigenvalue weighted by Crippen LogP contribution is 2.30. The van der Waals surface area contributed by atoms with Crippen LogP contribution in [0.5, 0.6) is 0 Å². The fourth-order valence-electron chi connectivity index (χ4n) is 4.67. The molecule has 35 heavy (non-hydrogen) atoms. The van der Waals surface area contributed by atoms with Crippen molar-refractivity contribution in [1.82, 2.24) is 14.5 Å². The molecule has 0 bridgehead atoms. The number of rotatable bonds is 10. The molecule has 2 aliphatic rings. The van der Waals surface area contributed by atoms with Gasteiger partial charge in [0.05, 0.1) is 43.3 Å². The van der Waals surface area contributed by atoms with Gasteiger partial charge in [0, 0.05) is 12.6 Å². The van der Waals surface area contributed by atoms with Crippen molar-refractivity contribution in [1.29, 1.82) is 0 Å². The quantitative estimate of drug-likeness (QED) is 0.430. The first kappa shape index (κ1) is 23.8. The summed E-state index contributed by atoms with van der Waals surface area (Å²) in [6, 6.07) is 19.1. The van der Waals surface area contributed by atoms with E-state index in [0.29, 0.717) is 26.1 Å². The maximum Gasteiger partial charge on any atom is 0.228 e. The summed E-state index contributed by atoms with van der Waals surface area (Å²) < 4.78 is 34.4. The average Bonchev–Trinajstić information content (AvgIpc) is 3.40. The third-order valence-corrected chi connectivity index (χ3v) is 8.22. The van der Waals surface area contributed by atoms with Crippen molar-refractivity contribution in [3.05, 3.63) is 83.7 Å². The lowest BCUT2D eigenvalue weighted by molar-refractivity contribution is -0.131. The van der Waals surface area contributed by atoms with Gasteiger partial charge in [-0.3, -0.25) is 4.79 Å². The van der Waals surface area contributed by atoms with Gasteiger partial charge in [0.15, 0.2) is 0 Å². The lowest BCUT2D eigenvalue weighted by atomic mass is 10.1. The zero-order chi connectivity index (χ0) is 24.3. The topological polar surface area (TPSA) is 81.5 Å². The van der Waals surface area contributed by atoms with Gasteiger partial charge in [0.2, 0.25) is 20.9 Å². The zero-order valence-corrected chi connectivity index (χ0v) is 20.6. The third kappa shape index (κ3) is 5.82. The zero-order valence-electron chi connectivity index (χ0n) is 19.8. The Balaban J connectivity index is 1.42. The number of hydrogen-bond donors (Lipinski definition) is 0. The second-order valence-electron chi connectivity index (χ2n) is 9.44. The van der Waals surface area contributed by atoms with E-state index in [1.807, 2.05) is 65.6 Å². The van der Waals surface area contributed by atoms with Crippen molar-refractivity contribution in [3.8, 4) is 0 Å². The number of amides is 1. The van der Waals surface area contributed by atoms with Gasteiger partial charge in [-0.15, -0.1) is 0 Å². The Bertz CT molecular complexity index is 1250. The molecule has 2 aromatic carbocycles. The van der Waals surface area contributed by atoms with Gasteiger partial charge in [-0.2, -0.15) is 0 Å². The molecule has 1 amide bonds. The van der Waals surface area contributed by atoms with E-state index in [2.05, 4.69) is 4.98 Å². The van der Waals surface area contributed by atoms with Crippen molar-refractivity contribution >= 4 is 15.7 Å². The molecule has 2 heterocycles. The molecule has 2 fully saturated rings. The van der Waals surface area contributed by atoms with E-state index in [9.17, 15) is 13.2 Å². The van der Waals surface area contributed by atoms with Crippen molar-refractivity contribution < 1.29 is 17.9 Å². The monoisotopic (exact) mass is 493 g/mol. The van der Waals surface area contributed by atoms with Crippen LogP contribution in [0.25, 0.3) is 0 Å². The van der Waals surface area contributed by atoms with Gasteiger partial charge in [0.25, 0.3) is 0 Å². The first-order valence-corrected chi connectivity index (χ1v) is 13.9. The molecule has 0 N–H and O–H groups in total. The Kier molecular flexibility index (Phi) is 7.02. The second kappa shape index (κ2) is 10.3. The molecule has 1 aliphatic heterocycles. The highest BCUT2D eigenvalue weighted by molar-refractivity contribution is 7.90. The van der Waals surface area contributed by atoms with E-state index in [1.54, 1.807) is 10.8 Å². The first-order valence-electron chi connectivity index (χ1n) is 12.3. The molecule has 5 rings (SSSR count). The molecule has 1 saturated heterocycles. The van der Waals surface area contributed by atoms with Gasteiger partial charge in [-0.05, 0) is 36.8 Å². The Hall–Kier alpha value is -2.97. The van der Waals surface area contributed by atoms with Crippen LogP contribution in [0.3, 0.4) is 0 Å². The number of benzene rings is 2. The van der Waals surface area contributed by atoms with Crippen LogP contribution in [-0.4, -0.2) is 47.5 Å². The largest absolute Gasteiger partial charge is 0.376 e. The number of sulfone groups is 1. The molecule has 1 aromatic heterocycles. The number of carbonyl (C=O) groups is 1. The highest BCUT2D eigenvalue weighted by Gasteiger charge is 2.34. The minimum Gasteiger partial charge on any atom is -0.376 e. The molecule has 184 valence electrons. The molecule has 8 heteroatoms. The predicted molar refractivity (Wildman–Crippen MR) is 132 cm³/mol. The predicted octanol–water partition coefficient (Wildman–Crippen LogP) is 3.77. The molecule has 7 nitrogen and oxygen atoms in total. The third-order valence-electron chi connectivity index (χ3n) is 6.63. The maximum atomic E-state index is 13.4. The average molecular weight is 494 g/mol. The summed E-state index contributed by atoms with van der Waals surface area (Å²) in [5.74, 6) is -0.0630. The van der Waals surface area contributed by atoms with Crippen LogP contribution in [0, 0.1) is 0 Å². The van der Waals surface area contributed by atoms with Gasteiger partial charge in [0.1, 0.15) is 0 Å². The van der Waals surface area contributed by atoms with Gasteiger partial charge in [-0.1, -0.05) is 60.7 Å². The Morgan fingerprint density at radius 2 is 1.69 bits per heavy atom. The van der Waals surface area contributed by atoms with Crippen LogP contribution in [0.15, 0.2) is 72.0 Å². The molecule has 1 aliphatic carbocycles. The summed E-state index contributed by atoms with van der Waals surface area (Å²) in [5, 5.41) is 0.0538. The Labute approximate surface area is 206 Å². The molecule has 1 atom stereocenters. The number of nitrogens with zero attached hydrogens (tertiary/aromatic N) is 3. The van der Waals surface area contributed by atoms with Crippen LogP contribution < -0.4 is 0 Å². The molecular weight excluding hydrogens is 462 g/mol. The summed E-state index contributed by atoms with van der Waals surface area (Å²) >= 11 is 0. The maximum absolute atomic E-state index is 13.4. The summed E-state index contributed by atoms with van der Waals surface area (Å²) in [5.41, 5.74) is 2.43. The molecule has 1 saturated carbocycles. The number of ether oxygens (including phenoxy) is 1. The van der Waals surface area contributed by atoms with E-state index < -0.39 is 9.84 Å². The van der Waals surface area contributed by atoms with E-state index in [1.165, 1.54) is 0 Å². The minimum absolute atomic E-state index is 0.0528. The highest BCUT2D eigenvalue weighted by atomic mass is 32.2.